The number of hydrogen-bond acceptors (Lipinski definition) is 2. The van der Waals surface area contributed by atoms with Crippen molar-refractivity contribution in [2.75, 3.05) is 24.5 Å². The molecule has 1 heterocycles. The number of nitrogens with one attached hydrogen (secondary N) is 1. The highest BCUT2D eigenvalue weighted by molar-refractivity contribution is 6.01. The Kier molecular flexibility index (Phi) is 6.53. The molecule has 0 bridgehead atoms. The number of ketones is 1. The maximum Gasteiger partial charge on any atom is 0.286 e. The molecular weight excluding hydrogens is 391 g/mol. The molecule has 0 spiro atoms. The number of amides is 1. The second-order valence-corrected chi connectivity index (χ2v) is 7.97. The average molecular weight is 418 g/mol. The number of hydrogen-bond donors (Lipinski definition) is 1. The van der Waals surface area contributed by atoms with Crippen LogP contribution in [0.2, 0.25) is 0 Å². The Morgan fingerprint density at radius 2 is 1.32 bits per heavy atom. The Balaban J connectivity index is 1.40. The lowest BCUT2D eigenvalue weighted by atomic mass is 9.89. The number of likely N-dealkylation sites (tertiary alicyclic amines) is 1. The zero-order chi connectivity index (χ0) is 21.6. The lowest BCUT2D eigenvalue weighted by Gasteiger charge is -2.30. The average Bonchev–Trinajstić information content (AvgIpc) is 2.81. The van der Waals surface area contributed by atoms with Crippen LogP contribution in [0, 0.1) is 11.7 Å². The minimum absolute atomic E-state index is 0.0377. The standard InChI is InChI=1S/C26H25FN2O2/c27-22-13-11-20(12-14-22)26(31)21-15-17-28(18-16-21)19-25(30)29(23-7-3-1-4-8-23)24-9-5-2-6-10-24/h1-14,21H,15-19H2/p+1. The van der Waals surface area contributed by atoms with E-state index in [-0.39, 0.29) is 23.4 Å². The van der Waals surface area contributed by atoms with Crippen LogP contribution in [0.5, 0.6) is 0 Å². The van der Waals surface area contributed by atoms with Crippen molar-refractivity contribution in [2.45, 2.75) is 12.8 Å². The molecule has 4 rings (SSSR count). The first-order valence-electron chi connectivity index (χ1n) is 10.7. The number of rotatable bonds is 6. The van der Waals surface area contributed by atoms with E-state index >= 15 is 0 Å². The van der Waals surface area contributed by atoms with Gasteiger partial charge < -0.3 is 4.90 Å². The molecule has 0 unspecified atom stereocenters. The summed E-state index contributed by atoms with van der Waals surface area (Å²) in [5, 5.41) is 0. The predicted octanol–water partition coefficient (Wildman–Crippen LogP) is 3.67. The number of halogens is 1. The molecule has 1 aliphatic heterocycles. The van der Waals surface area contributed by atoms with Gasteiger partial charge in [-0.15, -0.1) is 0 Å². The highest BCUT2D eigenvalue weighted by atomic mass is 19.1. The zero-order valence-corrected chi connectivity index (χ0v) is 17.3. The van der Waals surface area contributed by atoms with Crippen LogP contribution in [0.25, 0.3) is 0 Å². The van der Waals surface area contributed by atoms with Gasteiger partial charge in [-0.1, -0.05) is 36.4 Å². The quantitative estimate of drug-likeness (QED) is 0.622. The van der Waals surface area contributed by atoms with Gasteiger partial charge in [0.15, 0.2) is 12.3 Å². The third-order valence-corrected chi connectivity index (χ3v) is 5.87. The lowest BCUT2D eigenvalue weighted by molar-refractivity contribution is -0.897. The Morgan fingerprint density at radius 1 is 0.806 bits per heavy atom. The molecule has 4 nitrogen and oxygen atoms in total. The highest BCUT2D eigenvalue weighted by Crippen LogP contribution is 2.25. The molecule has 1 amide bonds. The summed E-state index contributed by atoms with van der Waals surface area (Å²) < 4.78 is 13.1. The fraction of sp³-hybridized carbons (Fsp3) is 0.231. The normalized spacial score (nSPS) is 18.4. The molecule has 5 heteroatoms. The molecule has 0 saturated carbocycles. The Morgan fingerprint density at radius 3 is 1.84 bits per heavy atom. The molecule has 1 fully saturated rings. The number of benzene rings is 3. The van der Waals surface area contributed by atoms with Gasteiger partial charge in [0.25, 0.3) is 5.91 Å². The topological polar surface area (TPSA) is 41.8 Å². The molecule has 1 aliphatic rings. The van der Waals surface area contributed by atoms with Gasteiger partial charge in [0.05, 0.1) is 13.1 Å². The van der Waals surface area contributed by atoms with E-state index in [1.807, 2.05) is 60.7 Å². The minimum atomic E-state index is -0.337. The van der Waals surface area contributed by atoms with Crippen molar-refractivity contribution in [3.63, 3.8) is 0 Å². The summed E-state index contributed by atoms with van der Waals surface area (Å²) in [6, 6.07) is 25.1. The number of para-hydroxylation sites is 2. The van der Waals surface area contributed by atoms with Gasteiger partial charge >= 0.3 is 0 Å². The van der Waals surface area contributed by atoms with Crippen molar-refractivity contribution in [3.05, 3.63) is 96.3 Å². The maximum atomic E-state index is 13.3. The molecule has 0 aliphatic carbocycles. The lowest BCUT2D eigenvalue weighted by Crippen LogP contribution is -3.14. The van der Waals surface area contributed by atoms with E-state index < -0.39 is 0 Å². The number of carbonyl (C=O) groups excluding carboxylic acids is 2. The molecule has 0 atom stereocenters. The van der Waals surface area contributed by atoms with Crippen LogP contribution in [0.3, 0.4) is 0 Å². The van der Waals surface area contributed by atoms with Gasteiger partial charge in [-0.05, 0) is 48.5 Å². The number of carbonyl (C=O) groups is 2. The summed E-state index contributed by atoms with van der Waals surface area (Å²) in [7, 11) is 0. The van der Waals surface area contributed by atoms with Crippen molar-refractivity contribution in [1.82, 2.24) is 0 Å². The summed E-state index contributed by atoms with van der Waals surface area (Å²) in [5.41, 5.74) is 2.25. The Labute approximate surface area is 181 Å². The van der Waals surface area contributed by atoms with E-state index in [0.717, 1.165) is 37.3 Å². The molecule has 0 radical (unpaired) electrons. The molecule has 158 valence electrons. The summed E-state index contributed by atoms with van der Waals surface area (Å²) >= 11 is 0. The molecule has 3 aromatic carbocycles. The Bertz CT molecular complexity index is 975. The van der Waals surface area contributed by atoms with Crippen LogP contribution in [-0.2, 0) is 4.79 Å². The fourth-order valence-corrected chi connectivity index (χ4v) is 4.20. The van der Waals surface area contributed by atoms with E-state index in [0.29, 0.717) is 12.1 Å². The van der Waals surface area contributed by atoms with E-state index in [1.54, 1.807) is 17.0 Å². The van der Waals surface area contributed by atoms with Crippen LogP contribution < -0.4 is 9.80 Å². The van der Waals surface area contributed by atoms with Crippen LogP contribution in [0.1, 0.15) is 23.2 Å². The summed E-state index contributed by atoms with van der Waals surface area (Å²) in [6.45, 7) is 1.91. The second-order valence-electron chi connectivity index (χ2n) is 7.97. The van der Waals surface area contributed by atoms with Crippen LogP contribution in [0.15, 0.2) is 84.9 Å². The van der Waals surface area contributed by atoms with E-state index in [9.17, 15) is 14.0 Å². The van der Waals surface area contributed by atoms with E-state index in [1.165, 1.54) is 17.0 Å². The van der Waals surface area contributed by atoms with E-state index in [2.05, 4.69) is 0 Å². The zero-order valence-electron chi connectivity index (χ0n) is 17.3. The third-order valence-electron chi connectivity index (χ3n) is 5.87. The van der Waals surface area contributed by atoms with Crippen molar-refractivity contribution in [2.24, 2.45) is 5.92 Å². The Hall–Kier alpha value is -3.31. The van der Waals surface area contributed by atoms with Crippen molar-refractivity contribution in [1.29, 1.82) is 0 Å². The smallest absolute Gasteiger partial charge is 0.286 e. The number of piperidine rings is 1. The molecule has 31 heavy (non-hydrogen) atoms. The van der Waals surface area contributed by atoms with Crippen LogP contribution in [0.4, 0.5) is 15.8 Å². The number of quaternary nitrogens is 1. The first-order valence-corrected chi connectivity index (χ1v) is 10.7. The van der Waals surface area contributed by atoms with Gasteiger partial charge in [0.1, 0.15) is 5.82 Å². The SMILES string of the molecule is O=C(c1ccc(F)cc1)C1CC[NH+](CC(=O)N(c2ccccc2)c2ccccc2)CC1. The van der Waals surface area contributed by atoms with Gasteiger partial charge in [-0.25, -0.2) is 4.39 Å². The monoisotopic (exact) mass is 417 g/mol. The molecule has 0 aromatic heterocycles. The summed E-state index contributed by atoms with van der Waals surface area (Å²) in [4.78, 5) is 28.9. The second kappa shape index (κ2) is 9.67. The van der Waals surface area contributed by atoms with Crippen LogP contribution in [-0.4, -0.2) is 31.3 Å². The number of nitrogens with zero attached hydrogens (tertiary/aromatic N) is 1. The first-order chi connectivity index (χ1) is 15.1. The van der Waals surface area contributed by atoms with Gasteiger partial charge in [0.2, 0.25) is 0 Å². The number of anilines is 2. The largest absolute Gasteiger partial charge is 0.327 e. The molecule has 3 aromatic rings. The van der Waals surface area contributed by atoms with Crippen molar-refractivity contribution < 1.29 is 18.9 Å². The highest BCUT2D eigenvalue weighted by Gasteiger charge is 2.30. The van der Waals surface area contributed by atoms with Gasteiger partial charge in [0, 0.05) is 35.7 Å². The first kappa shape index (κ1) is 20.9. The van der Waals surface area contributed by atoms with E-state index in [4.69, 9.17) is 0 Å². The third kappa shape index (κ3) is 5.06. The summed E-state index contributed by atoms with van der Waals surface area (Å²) in [5.74, 6) is -0.296. The van der Waals surface area contributed by atoms with Crippen molar-refractivity contribution >= 4 is 23.1 Å². The van der Waals surface area contributed by atoms with Gasteiger partial charge in [-0.2, -0.15) is 0 Å². The molecular formula is C26H26FN2O2+. The minimum Gasteiger partial charge on any atom is -0.327 e. The fourth-order valence-electron chi connectivity index (χ4n) is 4.20. The molecule has 1 saturated heterocycles. The van der Waals surface area contributed by atoms with Crippen LogP contribution >= 0.6 is 0 Å². The molecule has 1 N–H and O–H groups in total. The van der Waals surface area contributed by atoms with Crippen molar-refractivity contribution in [3.8, 4) is 0 Å². The van der Waals surface area contributed by atoms with Gasteiger partial charge in [-0.3, -0.25) is 14.5 Å². The summed E-state index contributed by atoms with van der Waals surface area (Å²) in [6.07, 6.45) is 1.46. The maximum absolute atomic E-state index is 13.3. The predicted molar refractivity (Wildman–Crippen MR) is 119 cm³/mol. The number of Topliss-reactive ketones (excluding diaryl/α,β-unsaturated/α-hetero) is 1.